The van der Waals surface area contributed by atoms with Crippen LogP contribution >= 0.6 is 0 Å². The first-order valence-electron chi connectivity index (χ1n) is 9.13. The summed E-state index contributed by atoms with van der Waals surface area (Å²) in [4.78, 5) is 16.6. The molecule has 0 aliphatic carbocycles. The van der Waals surface area contributed by atoms with E-state index in [1.807, 2.05) is 31.1 Å². The van der Waals surface area contributed by atoms with Crippen LogP contribution in [0.3, 0.4) is 0 Å². The van der Waals surface area contributed by atoms with Crippen molar-refractivity contribution in [1.29, 1.82) is 0 Å². The quantitative estimate of drug-likeness (QED) is 0.897. The SMILES string of the molecule is Cc1cccc(F)c1N1CCCC(N2Cc3cn(C)nc3NC2=O)CC1. The summed E-state index contributed by atoms with van der Waals surface area (Å²) in [5.74, 6) is 0.491. The summed E-state index contributed by atoms with van der Waals surface area (Å²) in [6, 6.07) is 5.28. The molecule has 1 unspecified atom stereocenters. The van der Waals surface area contributed by atoms with Crippen molar-refractivity contribution in [3.63, 3.8) is 0 Å². The van der Waals surface area contributed by atoms with Crippen LogP contribution in [0.2, 0.25) is 0 Å². The van der Waals surface area contributed by atoms with Crippen LogP contribution in [0.25, 0.3) is 0 Å². The summed E-state index contributed by atoms with van der Waals surface area (Å²) < 4.78 is 16.1. The van der Waals surface area contributed by atoms with Crippen molar-refractivity contribution in [3.05, 3.63) is 41.3 Å². The van der Waals surface area contributed by atoms with Gasteiger partial charge in [0.2, 0.25) is 0 Å². The van der Waals surface area contributed by atoms with E-state index < -0.39 is 0 Å². The lowest BCUT2D eigenvalue weighted by atomic mass is 10.1. The number of hydrogen-bond donors (Lipinski definition) is 1. The number of halogens is 1. The van der Waals surface area contributed by atoms with Gasteiger partial charge in [-0.25, -0.2) is 9.18 Å². The third-order valence-electron chi connectivity index (χ3n) is 5.37. The van der Waals surface area contributed by atoms with Crippen molar-refractivity contribution in [3.8, 4) is 0 Å². The monoisotopic (exact) mass is 357 g/mol. The standard InChI is InChI=1S/C19H24FN5O/c1-13-5-3-7-16(20)17(13)24-9-4-6-15(8-10-24)25-12-14-11-23(2)22-18(14)21-19(25)26/h3,5,7,11,15H,4,6,8-10,12H2,1-2H3,(H,21,22,26). The fraction of sp³-hybridized carbons (Fsp3) is 0.474. The lowest BCUT2D eigenvalue weighted by Crippen LogP contribution is -2.45. The minimum Gasteiger partial charge on any atom is -0.369 e. The molecule has 2 amide bonds. The smallest absolute Gasteiger partial charge is 0.323 e. The third-order valence-corrected chi connectivity index (χ3v) is 5.37. The van der Waals surface area contributed by atoms with Crippen LogP contribution in [0.15, 0.2) is 24.4 Å². The molecule has 1 saturated heterocycles. The Kier molecular flexibility index (Phi) is 4.30. The zero-order valence-corrected chi connectivity index (χ0v) is 15.2. The number of hydrogen-bond acceptors (Lipinski definition) is 3. The zero-order valence-electron chi connectivity index (χ0n) is 15.2. The zero-order chi connectivity index (χ0) is 18.3. The molecule has 1 aromatic heterocycles. The predicted molar refractivity (Wildman–Crippen MR) is 98.8 cm³/mol. The lowest BCUT2D eigenvalue weighted by Gasteiger charge is -2.34. The minimum absolute atomic E-state index is 0.0864. The second-order valence-electron chi connectivity index (χ2n) is 7.21. The van der Waals surface area contributed by atoms with Crippen molar-refractivity contribution >= 4 is 17.5 Å². The lowest BCUT2D eigenvalue weighted by molar-refractivity contribution is 0.174. The molecule has 6 nitrogen and oxygen atoms in total. The van der Waals surface area contributed by atoms with Crippen LogP contribution in [0.4, 0.5) is 20.7 Å². The van der Waals surface area contributed by atoms with Gasteiger partial charge in [0, 0.05) is 37.9 Å². The van der Waals surface area contributed by atoms with Gasteiger partial charge in [0.15, 0.2) is 5.82 Å². The number of nitrogens with zero attached hydrogens (tertiary/aromatic N) is 4. The Morgan fingerprint density at radius 3 is 2.92 bits per heavy atom. The minimum atomic E-state index is -0.167. The first-order chi connectivity index (χ1) is 12.5. The fourth-order valence-corrected chi connectivity index (χ4v) is 4.12. The van der Waals surface area contributed by atoms with Crippen LogP contribution in [0.5, 0.6) is 0 Å². The first-order valence-corrected chi connectivity index (χ1v) is 9.13. The van der Waals surface area contributed by atoms with E-state index in [4.69, 9.17) is 0 Å². The number of carbonyl (C=O) groups is 1. The topological polar surface area (TPSA) is 53.4 Å². The largest absolute Gasteiger partial charge is 0.369 e. The van der Waals surface area contributed by atoms with Gasteiger partial charge in [0.1, 0.15) is 5.82 Å². The summed E-state index contributed by atoms with van der Waals surface area (Å²) >= 11 is 0. The molecule has 2 aliphatic rings. The molecular weight excluding hydrogens is 333 g/mol. The molecule has 0 radical (unpaired) electrons. The Morgan fingerprint density at radius 2 is 2.12 bits per heavy atom. The number of anilines is 2. The van der Waals surface area contributed by atoms with Gasteiger partial charge < -0.3 is 9.80 Å². The molecule has 0 spiro atoms. The van der Waals surface area contributed by atoms with Gasteiger partial charge in [0.05, 0.1) is 12.2 Å². The average molecular weight is 357 g/mol. The highest BCUT2D eigenvalue weighted by molar-refractivity contribution is 5.91. The Morgan fingerprint density at radius 1 is 1.27 bits per heavy atom. The average Bonchev–Trinajstić information content (AvgIpc) is 2.79. The van der Waals surface area contributed by atoms with Gasteiger partial charge in [-0.3, -0.25) is 10.00 Å². The van der Waals surface area contributed by atoms with Crippen molar-refractivity contribution < 1.29 is 9.18 Å². The third kappa shape index (κ3) is 3.02. The second kappa shape index (κ2) is 6.63. The van der Waals surface area contributed by atoms with Crippen LogP contribution in [-0.2, 0) is 13.6 Å². The van der Waals surface area contributed by atoms with Crippen molar-refractivity contribution in [1.82, 2.24) is 14.7 Å². The molecule has 7 heteroatoms. The van der Waals surface area contributed by atoms with Crippen molar-refractivity contribution in [2.24, 2.45) is 7.05 Å². The molecule has 1 N–H and O–H groups in total. The highest BCUT2D eigenvalue weighted by Gasteiger charge is 2.32. The number of aryl methyl sites for hydroxylation is 2. The van der Waals surface area contributed by atoms with E-state index in [-0.39, 0.29) is 17.9 Å². The van der Waals surface area contributed by atoms with Gasteiger partial charge in [-0.05, 0) is 37.8 Å². The number of benzene rings is 1. The molecule has 0 saturated carbocycles. The number of rotatable bonds is 2. The van der Waals surface area contributed by atoms with Crippen LogP contribution in [-0.4, -0.2) is 39.8 Å². The molecular formula is C19H24FN5O. The first kappa shape index (κ1) is 16.9. The Hall–Kier alpha value is -2.57. The number of nitrogens with one attached hydrogen (secondary N) is 1. The van der Waals surface area contributed by atoms with Crippen LogP contribution in [0.1, 0.15) is 30.4 Å². The summed E-state index contributed by atoms with van der Waals surface area (Å²) in [6.45, 7) is 4.09. The molecule has 26 heavy (non-hydrogen) atoms. The van der Waals surface area contributed by atoms with Gasteiger partial charge in [-0.2, -0.15) is 5.10 Å². The van der Waals surface area contributed by atoms with E-state index >= 15 is 0 Å². The van der Waals surface area contributed by atoms with Crippen LogP contribution < -0.4 is 10.2 Å². The Labute approximate surface area is 152 Å². The molecule has 1 atom stereocenters. The molecule has 1 fully saturated rings. The molecule has 2 aliphatic heterocycles. The van der Waals surface area contributed by atoms with Gasteiger partial charge in [-0.1, -0.05) is 12.1 Å². The Bertz CT molecular complexity index is 813. The molecule has 1 aromatic carbocycles. The molecule has 4 rings (SSSR count). The number of urea groups is 1. The molecule has 2 aromatic rings. The normalized spacial score (nSPS) is 20.6. The van der Waals surface area contributed by atoms with Crippen LogP contribution in [0, 0.1) is 12.7 Å². The van der Waals surface area contributed by atoms with Gasteiger partial charge in [-0.15, -0.1) is 0 Å². The maximum absolute atomic E-state index is 14.3. The number of para-hydroxylation sites is 1. The Balaban J connectivity index is 1.50. The van der Waals surface area contributed by atoms with E-state index in [0.29, 0.717) is 18.1 Å². The molecule has 138 valence electrons. The predicted octanol–water partition coefficient (Wildman–Crippen LogP) is 3.27. The highest BCUT2D eigenvalue weighted by atomic mass is 19.1. The summed E-state index contributed by atoms with van der Waals surface area (Å²) in [7, 11) is 1.86. The van der Waals surface area contributed by atoms with E-state index in [1.54, 1.807) is 10.7 Å². The molecule has 0 bridgehead atoms. The summed E-state index contributed by atoms with van der Waals surface area (Å²) in [5, 5.41) is 7.17. The van der Waals surface area contributed by atoms with Gasteiger partial charge >= 0.3 is 6.03 Å². The highest BCUT2D eigenvalue weighted by Crippen LogP contribution is 2.30. The van der Waals surface area contributed by atoms with Gasteiger partial charge in [0.25, 0.3) is 0 Å². The van der Waals surface area contributed by atoms with E-state index in [2.05, 4.69) is 15.3 Å². The summed E-state index contributed by atoms with van der Waals surface area (Å²) in [5.41, 5.74) is 2.70. The number of amides is 2. The fourth-order valence-electron chi connectivity index (χ4n) is 4.12. The van der Waals surface area contributed by atoms with E-state index in [9.17, 15) is 9.18 Å². The van der Waals surface area contributed by atoms with Crippen molar-refractivity contribution in [2.45, 2.75) is 38.8 Å². The molecule has 3 heterocycles. The number of aromatic nitrogens is 2. The van der Waals surface area contributed by atoms with Crippen molar-refractivity contribution in [2.75, 3.05) is 23.3 Å². The second-order valence-corrected chi connectivity index (χ2v) is 7.21. The number of fused-ring (bicyclic) bond motifs is 1. The van der Waals surface area contributed by atoms with E-state index in [0.717, 1.165) is 43.5 Å². The maximum Gasteiger partial charge on any atom is 0.323 e. The number of carbonyl (C=O) groups excluding carboxylic acids is 1. The maximum atomic E-state index is 14.3. The summed E-state index contributed by atoms with van der Waals surface area (Å²) in [6.07, 6.45) is 4.64. The van der Waals surface area contributed by atoms with E-state index in [1.165, 1.54) is 6.07 Å².